The maximum Gasteiger partial charge on any atom is 0.243 e. The Morgan fingerprint density at radius 1 is 0.829 bits per heavy atom. The monoisotopic (exact) mass is 575 g/mol. The third kappa shape index (κ3) is 8.27. The first kappa shape index (κ1) is 30.5. The van der Waals surface area contributed by atoms with Crippen LogP contribution in [0.4, 0.5) is 0 Å². The summed E-state index contributed by atoms with van der Waals surface area (Å²) in [6, 6.07) is 23.3. The van der Waals surface area contributed by atoms with Crippen LogP contribution in [-0.2, 0) is 32.6 Å². The van der Waals surface area contributed by atoms with Gasteiger partial charge in [-0.3, -0.25) is 9.59 Å². The number of sulfonamides is 1. The van der Waals surface area contributed by atoms with Crippen molar-refractivity contribution in [3.05, 3.63) is 101 Å². The highest BCUT2D eigenvalue weighted by Crippen LogP contribution is 2.21. The minimum atomic E-state index is -3.91. The first-order valence-corrected chi connectivity index (χ1v) is 15.8. The van der Waals surface area contributed by atoms with Gasteiger partial charge in [0.05, 0.1) is 11.4 Å². The molecule has 0 bridgehead atoms. The number of benzene rings is 3. The van der Waals surface area contributed by atoms with E-state index in [1.54, 1.807) is 29.2 Å². The van der Waals surface area contributed by atoms with Crippen LogP contribution in [0.1, 0.15) is 54.4 Å². The van der Waals surface area contributed by atoms with Crippen LogP contribution in [0.15, 0.2) is 83.8 Å². The molecular weight excluding hydrogens is 534 g/mol. The van der Waals surface area contributed by atoms with Gasteiger partial charge in [-0.05, 0) is 49.9 Å². The molecule has 3 aromatic rings. The quantitative estimate of drug-likeness (QED) is 0.348. The van der Waals surface area contributed by atoms with Crippen molar-refractivity contribution in [3.8, 4) is 0 Å². The molecule has 1 aliphatic rings. The number of carbonyl (C=O) groups excluding carboxylic acids is 2. The van der Waals surface area contributed by atoms with Gasteiger partial charge < -0.3 is 10.2 Å². The maximum absolute atomic E-state index is 14.0. The Kier molecular flexibility index (Phi) is 10.3. The third-order valence-corrected chi connectivity index (χ3v) is 9.60. The van der Waals surface area contributed by atoms with Gasteiger partial charge in [-0.2, -0.15) is 4.31 Å². The zero-order chi connectivity index (χ0) is 29.4. The van der Waals surface area contributed by atoms with Crippen molar-refractivity contribution >= 4 is 21.8 Å². The van der Waals surface area contributed by atoms with E-state index < -0.39 is 22.0 Å². The first-order chi connectivity index (χ1) is 19.6. The molecule has 1 saturated carbocycles. The minimum Gasteiger partial charge on any atom is -0.352 e. The smallest absolute Gasteiger partial charge is 0.243 e. The summed E-state index contributed by atoms with van der Waals surface area (Å²) in [5, 5.41) is 3.22. The number of hydrogen-bond donors (Lipinski definition) is 1. The summed E-state index contributed by atoms with van der Waals surface area (Å²) in [4.78, 5) is 29.6. The van der Waals surface area contributed by atoms with E-state index in [4.69, 9.17) is 0 Å². The number of likely N-dealkylation sites (N-methyl/N-ethyl adjacent to an activating group) is 1. The number of aryl methyl sites for hydroxylation is 2. The molecule has 0 spiro atoms. The molecule has 0 saturated heterocycles. The van der Waals surface area contributed by atoms with Crippen LogP contribution in [0, 0.1) is 13.8 Å². The fraction of sp³-hybridized carbons (Fsp3) is 0.394. The van der Waals surface area contributed by atoms with Gasteiger partial charge in [-0.15, -0.1) is 0 Å². The molecule has 1 aliphatic carbocycles. The SMILES string of the molecule is Cc1ccc(CN(C(=O)CN(C)S(=O)(=O)c2ccc(C)cc2)[C@H](Cc2ccccc2)C(=O)NC2CCCCC2)cc1. The Morgan fingerprint density at radius 3 is 2.02 bits per heavy atom. The summed E-state index contributed by atoms with van der Waals surface area (Å²) in [6.45, 7) is 3.68. The van der Waals surface area contributed by atoms with Gasteiger partial charge >= 0.3 is 0 Å². The van der Waals surface area contributed by atoms with E-state index in [1.165, 1.54) is 13.5 Å². The number of amides is 2. The zero-order valence-electron chi connectivity index (χ0n) is 24.3. The van der Waals surface area contributed by atoms with Crippen molar-refractivity contribution in [2.75, 3.05) is 13.6 Å². The lowest BCUT2D eigenvalue weighted by Crippen LogP contribution is -2.54. The number of nitrogens with zero attached hydrogens (tertiary/aromatic N) is 2. The van der Waals surface area contributed by atoms with Gasteiger partial charge in [0.1, 0.15) is 6.04 Å². The van der Waals surface area contributed by atoms with Gasteiger partial charge in [0.2, 0.25) is 21.8 Å². The largest absolute Gasteiger partial charge is 0.352 e. The normalized spacial score (nSPS) is 14.9. The Balaban J connectivity index is 1.65. The van der Waals surface area contributed by atoms with Crippen LogP contribution in [0.3, 0.4) is 0 Å². The first-order valence-electron chi connectivity index (χ1n) is 14.4. The molecule has 0 unspecified atom stereocenters. The highest BCUT2D eigenvalue weighted by atomic mass is 32.2. The van der Waals surface area contributed by atoms with Crippen molar-refractivity contribution in [1.29, 1.82) is 0 Å². The van der Waals surface area contributed by atoms with Crippen LogP contribution in [0.25, 0.3) is 0 Å². The molecule has 7 nitrogen and oxygen atoms in total. The Bertz CT molecular complexity index is 1400. The Labute approximate surface area is 244 Å². The molecule has 0 aliphatic heterocycles. The van der Waals surface area contributed by atoms with Crippen LogP contribution in [-0.4, -0.2) is 55.1 Å². The van der Waals surface area contributed by atoms with Crippen molar-refractivity contribution in [2.45, 2.75) is 75.9 Å². The lowest BCUT2D eigenvalue weighted by atomic mass is 9.94. The predicted molar refractivity (Wildman–Crippen MR) is 162 cm³/mol. The van der Waals surface area contributed by atoms with Gasteiger partial charge in [0.25, 0.3) is 0 Å². The van der Waals surface area contributed by atoms with Crippen molar-refractivity contribution in [2.24, 2.45) is 0 Å². The molecular formula is C33H41N3O4S. The molecule has 41 heavy (non-hydrogen) atoms. The summed E-state index contributed by atoms with van der Waals surface area (Å²) in [6.07, 6.45) is 5.48. The topological polar surface area (TPSA) is 86.8 Å². The van der Waals surface area contributed by atoms with E-state index in [0.717, 1.165) is 52.2 Å². The molecule has 1 N–H and O–H groups in total. The molecule has 2 amide bonds. The average Bonchev–Trinajstić information content (AvgIpc) is 2.97. The highest BCUT2D eigenvalue weighted by molar-refractivity contribution is 7.89. The standard InChI is InChI=1S/C33H41N3O4S/c1-25-14-18-28(19-15-25)23-36(32(37)24-35(3)41(39,40)30-20-16-26(2)17-21-30)31(22-27-10-6-4-7-11-27)33(38)34-29-12-8-5-9-13-29/h4,6-7,10-11,14-21,29,31H,5,8-9,12-13,22-24H2,1-3H3,(H,34,38)/t31-/m1/s1. The van der Waals surface area contributed by atoms with E-state index in [2.05, 4.69) is 5.32 Å². The van der Waals surface area contributed by atoms with Crippen LogP contribution in [0.2, 0.25) is 0 Å². The van der Waals surface area contributed by atoms with E-state index >= 15 is 0 Å². The van der Waals surface area contributed by atoms with Gasteiger partial charge in [-0.1, -0.05) is 97.1 Å². The number of carbonyl (C=O) groups is 2. The molecule has 0 aromatic heterocycles. The van der Waals surface area contributed by atoms with E-state index in [0.29, 0.717) is 6.42 Å². The van der Waals surface area contributed by atoms with E-state index in [1.807, 2.05) is 68.4 Å². The Hall–Kier alpha value is -3.49. The molecule has 8 heteroatoms. The van der Waals surface area contributed by atoms with Gasteiger partial charge in [0.15, 0.2) is 0 Å². The summed E-state index contributed by atoms with van der Waals surface area (Å²) < 4.78 is 27.7. The van der Waals surface area contributed by atoms with Gasteiger partial charge in [-0.25, -0.2) is 8.42 Å². The number of nitrogens with one attached hydrogen (secondary N) is 1. The third-order valence-electron chi connectivity index (χ3n) is 7.78. The lowest BCUT2D eigenvalue weighted by Gasteiger charge is -2.34. The molecule has 0 radical (unpaired) electrons. The zero-order valence-corrected chi connectivity index (χ0v) is 25.1. The van der Waals surface area contributed by atoms with Gasteiger partial charge in [0, 0.05) is 26.1 Å². The van der Waals surface area contributed by atoms with E-state index in [-0.39, 0.29) is 29.9 Å². The highest BCUT2D eigenvalue weighted by Gasteiger charge is 2.34. The number of hydrogen-bond acceptors (Lipinski definition) is 4. The predicted octanol–water partition coefficient (Wildman–Crippen LogP) is 5.01. The fourth-order valence-corrected chi connectivity index (χ4v) is 6.37. The second kappa shape index (κ2) is 13.9. The van der Waals surface area contributed by atoms with E-state index in [9.17, 15) is 18.0 Å². The molecule has 4 rings (SSSR count). The lowest BCUT2D eigenvalue weighted by molar-refractivity contribution is -0.141. The summed E-state index contributed by atoms with van der Waals surface area (Å²) >= 11 is 0. The second-order valence-electron chi connectivity index (χ2n) is 11.1. The minimum absolute atomic E-state index is 0.0791. The molecule has 218 valence electrons. The van der Waals surface area contributed by atoms with Crippen LogP contribution < -0.4 is 5.32 Å². The Morgan fingerprint density at radius 2 is 1.41 bits per heavy atom. The fourth-order valence-electron chi connectivity index (χ4n) is 5.24. The maximum atomic E-state index is 14.0. The summed E-state index contributed by atoms with van der Waals surface area (Å²) in [5.41, 5.74) is 3.83. The van der Waals surface area contributed by atoms with Crippen molar-refractivity contribution < 1.29 is 18.0 Å². The number of rotatable bonds is 11. The molecule has 0 heterocycles. The summed E-state index contributed by atoms with van der Waals surface area (Å²) in [7, 11) is -2.50. The van der Waals surface area contributed by atoms with Crippen molar-refractivity contribution in [1.82, 2.24) is 14.5 Å². The second-order valence-corrected chi connectivity index (χ2v) is 13.2. The summed E-state index contributed by atoms with van der Waals surface area (Å²) in [5.74, 6) is -0.631. The average molecular weight is 576 g/mol. The van der Waals surface area contributed by atoms with Crippen molar-refractivity contribution in [3.63, 3.8) is 0 Å². The molecule has 1 fully saturated rings. The van der Waals surface area contributed by atoms with Crippen LogP contribution in [0.5, 0.6) is 0 Å². The molecule has 3 aromatic carbocycles. The van der Waals surface area contributed by atoms with Crippen LogP contribution >= 0.6 is 0 Å². The molecule has 1 atom stereocenters.